The number of nitrogens with zero attached hydrogens (tertiary/aromatic N) is 4. The van der Waals surface area contributed by atoms with Gasteiger partial charge in [0.2, 0.25) is 0 Å². The van der Waals surface area contributed by atoms with E-state index in [1.165, 1.54) is 5.56 Å². The van der Waals surface area contributed by atoms with Crippen LogP contribution in [0.2, 0.25) is 0 Å². The van der Waals surface area contributed by atoms with Crippen molar-refractivity contribution in [3.8, 4) is 0 Å². The van der Waals surface area contributed by atoms with Crippen LogP contribution in [-0.4, -0.2) is 39.4 Å². The first-order valence-corrected chi connectivity index (χ1v) is 9.44. The van der Waals surface area contributed by atoms with E-state index in [-0.39, 0.29) is 5.91 Å². The second-order valence-corrected chi connectivity index (χ2v) is 6.70. The second kappa shape index (κ2) is 9.12. The lowest BCUT2D eigenvalue weighted by Gasteiger charge is -2.16. The second-order valence-electron chi connectivity index (χ2n) is 6.70. The molecule has 0 aliphatic carbocycles. The van der Waals surface area contributed by atoms with Crippen molar-refractivity contribution in [1.29, 1.82) is 0 Å². The van der Waals surface area contributed by atoms with Gasteiger partial charge in [-0.3, -0.25) is 4.79 Å². The van der Waals surface area contributed by atoms with E-state index in [1.807, 2.05) is 55.1 Å². The average molecular weight is 362 g/mol. The monoisotopic (exact) mass is 362 g/mol. The average Bonchev–Trinajstić information content (AvgIpc) is 3.11. The summed E-state index contributed by atoms with van der Waals surface area (Å²) in [6.07, 6.45) is 2.60. The molecule has 0 unspecified atom stereocenters. The Hall–Kier alpha value is -2.95. The molecular formula is C22H26N4O. The van der Waals surface area contributed by atoms with Gasteiger partial charge in [0, 0.05) is 13.6 Å². The van der Waals surface area contributed by atoms with Crippen LogP contribution in [0.1, 0.15) is 40.7 Å². The van der Waals surface area contributed by atoms with Crippen molar-refractivity contribution in [2.24, 2.45) is 0 Å². The quantitative estimate of drug-likeness (QED) is 0.615. The standard InChI is InChI=1S/C22H26N4O/c1-3-20-21(23-24-26(20)17-19-13-8-5-9-14-19)22(27)25(2)16-10-15-18-11-6-4-7-12-18/h4-9,11-14H,3,10,15-17H2,1-2H3. The lowest BCUT2D eigenvalue weighted by atomic mass is 10.1. The van der Waals surface area contributed by atoms with Crippen LogP contribution in [0.5, 0.6) is 0 Å². The molecule has 0 atom stereocenters. The summed E-state index contributed by atoms with van der Waals surface area (Å²) in [5, 5.41) is 8.42. The number of amides is 1. The number of rotatable bonds is 8. The first-order valence-electron chi connectivity index (χ1n) is 9.44. The van der Waals surface area contributed by atoms with Crippen LogP contribution in [0, 0.1) is 0 Å². The fraction of sp³-hybridized carbons (Fsp3) is 0.318. The van der Waals surface area contributed by atoms with Gasteiger partial charge in [0.05, 0.1) is 12.2 Å². The maximum absolute atomic E-state index is 12.8. The summed E-state index contributed by atoms with van der Waals surface area (Å²) in [6, 6.07) is 20.4. The molecule has 1 heterocycles. The maximum Gasteiger partial charge on any atom is 0.276 e. The third kappa shape index (κ3) is 4.82. The first-order chi connectivity index (χ1) is 13.2. The molecule has 0 saturated carbocycles. The minimum atomic E-state index is -0.0563. The van der Waals surface area contributed by atoms with Crippen LogP contribution >= 0.6 is 0 Å². The third-order valence-corrected chi connectivity index (χ3v) is 4.70. The summed E-state index contributed by atoms with van der Waals surface area (Å²) < 4.78 is 1.83. The van der Waals surface area contributed by atoms with Gasteiger partial charge in [0.1, 0.15) is 0 Å². The molecule has 0 spiro atoms. The zero-order chi connectivity index (χ0) is 19.1. The summed E-state index contributed by atoms with van der Waals surface area (Å²) in [5.41, 5.74) is 3.79. The van der Waals surface area contributed by atoms with Gasteiger partial charge in [-0.1, -0.05) is 72.8 Å². The molecule has 0 bridgehead atoms. The molecule has 2 aromatic carbocycles. The molecule has 1 aromatic heterocycles. The normalized spacial score (nSPS) is 10.7. The van der Waals surface area contributed by atoms with Gasteiger partial charge in [0.15, 0.2) is 5.69 Å². The number of aromatic nitrogens is 3. The Morgan fingerprint density at radius 3 is 2.26 bits per heavy atom. The maximum atomic E-state index is 12.8. The number of hydrogen-bond donors (Lipinski definition) is 0. The predicted molar refractivity (Wildman–Crippen MR) is 107 cm³/mol. The van der Waals surface area contributed by atoms with Gasteiger partial charge in [-0.15, -0.1) is 5.10 Å². The summed E-state index contributed by atoms with van der Waals surface area (Å²) in [4.78, 5) is 14.6. The number of aryl methyl sites for hydroxylation is 1. The Morgan fingerprint density at radius 1 is 1.00 bits per heavy atom. The SMILES string of the molecule is CCc1c(C(=O)N(C)CCCc2ccccc2)nnn1Cc1ccccc1. The van der Waals surface area contributed by atoms with Gasteiger partial charge in [0.25, 0.3) is 5.91 Å². The molecular weight excluding hydrogens is 336 g/mol. The number of benzene rings is 2. The van der Waals surface area contributed by atoms with Crippen LogP contribution in [0.4, 0.5) is 0 Å². The van der Waals surface area contributed by atoms with Crippen LogP contribution in [0.15, 0.2) is 60.7 Å². The molecule has 3 aromatic rings. The molecule has 0 aliphatic rings. The van der Waals surface area contributed by atoms with Crippen LogP contribution in [0.25, 0.3) is 0 Å². The van der Waals surface area contributed by atoms with Crippen LogP contribution < -0.4 is 0 Å². The van der Waals surface area contributed by atoms with E-state index in [0.29, 0.717) is 18.8 Å². The molecule has 5 nitrogen and oxygen atoms in total. The Morgan fingerprint density at radius 2 is 1.63 bits per heavy atom. The van der Waals surface area contributed by atoms with Crippen molar-refractivity contribution in [1.82, 2.24) is 19.9 Å². The van der Waals surface area contributed by atoms with E-state index in [9.17, 15) is 4.79 Å². The largest absolute Gasteiger partial charge is 0.340 e. The molecule has 0 aliphatic heterocycles. The first kappa shape index (κ1) is 18.8. The third-order valence-electron chi connectivity index (χ3n) is 4.70. The summed E-state index contributed by atoms with van der Waals surface area (Å²) >= 11 is 0. The van der Waals surface area contributed by atoms with E-state index in [4.69, 9.17) is 0 Å². The number of hydrogen-bond acceptors (Lipinski definition) is 3. The van der Waals surface area contributed by atoms with Crippen LogP contribution in [0.3, 0.4) is 0 Å². The summed E-state index contributed by atoms with van der Waals surface area (Å²) in [7, 11) is 1.84. The molecule has 3 rings (SSSR count). The lowest BCUT2D eigenvalue weighted by molar-refractivity contribution is 0.0786. The smallest absolute Gasteiger partial charge is 0.276 e. The highest BCUT2D eigenvalue weighted by Gasteiger charge is 2.21. The van der Waals surface area contributed by atoms with Gasteiger partial charge in [-0.05, 0) is 30.4 Å². The zero-order valence-corrected chi connectivity index (χ0v) is 16.0. The van der Waals surface area contributed by atoms with Crippen LogP contribution in [-0.2, 0) is 19.4 Å². The van der Waals surface area contributed by atoms with Gasteiger partial charge in [-0.25, -0.2) is 4.68 Å². The fourth-order valence-corrected chi connectivity index (χ4v) is 3.18. The van der Waals surface area contributed by atoms with Gasteiger partial charge in [-0.2, -0.15) is 0 Å². The number of carbonyl (C=O) groups is 1. The molecule has 0 fully saturated rings. The lowest BCUT2D eigenvalue weighted by Crippen LogP contribution is -2.29. The van der Waals surface area contributed by atoms with E-state index in [0.717, 1.165) is 30.5 Å². The van der Waals surface area contributed by atoms with Gasteiger partial charge >= 0.3 is 0 Å². The van der Waals surface area contributed by atoms with E-state index in [1.54, 1.807) is 4.90 Å². The molecule has 0 saturated heterocycles. The molecule has 27 heavy (non-hydrogen) atoms. The van der Waals surface area contributed by atoms with E-state index < -0.39 is 0 Å². The van der Waals surface area contributed by atoms with Crippen molar-refractivity contribution in [2.75, 3.05) is 13.6 Å². The van der Waals surface area contributed by atoms with Crippen molar-refractivity contribution in [3.63, 3.8) is 0 Å². The fourth-order valence-electron chi connectivity index (χ4n) is 3.18. The topological polar surface area (TPSA) is 51.0 Å². The van der Waals surface area contributed by atoms with Gasteiger partial charge < -0.3 is 4.90 Å². The molecule has 5 heteroatoms. The van der Waals surface area contributed by atoms with Crippen molar-refractivity contribution >= 4 is 5.91 Å². The van der Waals surface area contributed by atoms with Crippen molar-refractivity contribution in [3.05, 3.63) is 83.2 Å². The molecule has 140 valence electrons. The Labute approximate surface area is 160 Å². The van der Waals surface area contributed by atoms with E-state index in [2.05, 4.69) is 34.6 Å². The Balaban J connectivity index is 1.63. The highest BCUT2D eigenvalue weighted by molar-refractivity contribution is 5.93. The number of carbonyl (C=O) groups excluding carboxylic acids is 1. The molecule has 1 amide bonds. The highest BCUT2D eigenvalue weighted by atomic mass is 16.2. The van der Waals surface area contributed by atoms with Crippen molar-refractivity contribution in [2.45, 2.75) is 32.7 Å². The minimum absolute atomic E-state index is 0.0563. The highest BCUT2D eigenvalue weighted by Crippen LogP contribution is 2.12. The van der Waals surface area contributed by atoms with Crippen molar-refractivity contribution < 1.29 is 4.79 Å². The Bertz CT molecular complexity index is 859. The zero-order valence-electron chi connectivity index (χ0n) is 16.0. The minimum Gasteiger partial charge on any atom is -0.340 e. The molecule has 0 radical (unpaired) electrons. The van der Waals surface area contributed by atoms with E-state index >= 15 is 0 Å². The molecule has 0 N–H and O–H groups in total. The Kier molecular flexibility index (Phi) is 6.36. The predicted octanol–water partition coefficient (Wildman–Crippen LogP) is 3.59. The summed E-state index contributed by atoms with van der Waals surface area (Å²) in [5.74, 6) is -0.0563. The summed E-state index contributed by atoms with van der Waals surface area (Å²) in [6.45, 7) is 3.36.